The standard InChI is InChI=1S/C14H8Br2F2O/c15-9-4-5-11(17)10(7-9)13(19)6-8-2-1-3-12(18)14(8)16/h1-5,7H,6H2. The van der Waals surface area contributed by atoms with Crippen LogP contribution in [0.4, 0.5) is 8.78 Å². The fourth-order valence-corrected chi connectivity index (χ4v) is 2.43. The van der Waals surface area contributed by atoms with E-state index in [9.17, 15) is 13.6 Å². The highest BCUT2D eigenvalue weighted by atomic mass is 79.9. The molecule has 19 heavy (non-hydrogen) atoms. The predicted molar refractivity (Wildman–Crippen MR) is 76.2 cm³/mol. The highest BCUT2D eigenvalue weighted by Crippen LogP contribution is 2.23. The molecule has 0 N–H and O–H groups in total. The Labute approximate surface area is 125 Å². The Morgan fingerprint density at radius 3 is 2.53 bits per heavy atom. The van der Waals surface area contributed by atoms with Crippen molar-refractivity contribution in [1.29, 1.82) is 0 Å². The van der Waals surface area contributed by atoms with Crippen molar-refractivity contribution in [1.82, 2.24) is 0 Å². The second-order valence-electron chi connectivity index (χ2n) is 3.94. The number of ketones is 1. The fraction of sp³-hybridized carbons (Fsp3) is 0.0714. The van der Waals surface area contributed by atoms with Crippen LogP contribution in [0.3, 0.4) is 0 Å². The number of halogens is 4. The molecular weight excluding hydrogens is 382 g/mol. The summed E-state index contributed by atoms with van der Waals surface area (Å²) < 4.78 is 27.8. The van der Waals surface area contributed by atoms with E-state index in [1.807, 2.05) is 0 Å². The van der Waals surface area contributed by atoms with E-state index in [-0.39, 0.29) is 16.5 Å². The molecule has 0 spiro atoms. The van der Waals surface area contributed by atoms with E-state index in [0.29, 0.717) is 10.0 Å². The minimum atomic E-state index is -0.583. The summed E-state index contributed by atoms with van der Waals surface area (Å²) in [5.41, 5.74) is 0.481. The number of rotatable bonds is 3. The van der Waals surface area contributed by atoms with Crippen LogP contribution in [0.2, 0.25) is 0 Å². The second-order valence-corrected chi connectivity index (χ2v) is 5.65. The first kappa shape index (κ1) is 14.3. The third kappa shape index (κ3) is 3.28. The van der Waals surface area contributed by atoms with E-state index < -0.39 is 17.4 Å². The van der Waals surface area contributed by atoms with E-state index in [1.165, 1.54) is 30.3 Å². The zero-order valence-electron chi connectivity index (χ0n) is 9.59. The molecule has 0 radical (unpaired) electrons. The molecule has 0 heterocycles. The number of carbonyl (C=O) groups excluding carboxylic acids is 1. The highest BCUT2D eigenvalue weighted by Gasteiger charge is 2.15. The van der Waals surface area contributed by atoms with Crippen molar-refractivity contribution in [3.63, 3.8) is 0 Å². The van der Waals surface area contributed by atoms with E-state index in [2.05, 4.69) is 31.9 Å². The Kier molecular flexibility index (Phi) is 4.47. The van der Waals surface area contributed by atoms with Crippen LogP contribution in [0.25, 0.3) is 0 Å². The summed E-state index contributed by atoms with van der Waals surface area (Å²) in [5, 5.41) is 0. The van der Waals surface area contributed by atoms with Gasteiger partial charge in [0.15, 0.2) is 5.78 Å². The normalized spacial score (nSPS) is 10.5. The maximum atomic E-state index is 13.6. The van der Waals surface area contributed by atoms with Gasteiger partial charge in [-0.2, -0.15) is 0 Å². The summed E-state index contributed by atoms with van der Waals surface area (Å²) in [5.74, 6) is -1.43. The number of carbonyl (C=O) groups is 1. The van der Waals surface area contributed by atoms with Crippen molar-refractivity contribution >= 4 is 37.6 Å². The lowest BCUT2D eigenvalue weighted by Gasteiger charge is -2.06. The van der Waals surface area contributed by atoms with Crippen LogP contribution in [-0.2, 0) is 6.42 Å². The zero-order chi connectivity index (χ0) is 14.0. The van der Waals surface area contributed by atoms with E-state index in [4.69, 9.17) is 0 Å². The second kappa shape index (κ2) is 5.92. The van der Waals surface area contributed by atoms with Gasteiger partial charge in [0.25, 0.3) is 0 Å². The van der Waals surface area contributed by atoms with Gasteiger partial charge in [-0.3, -0.25) is 4.79 Å². The number of hydrogen-bond acceptors (Lipinski definition) is 1. The van der Waals surface area contributed by atoms with E-state index in [1.54, 1.807) is 6.07 Å². The molecule has 5 heteroatoms. The lowest BCUT2D eigenvalue weighted by molar-refractivity contribution is 0.0989. The van der Waals surface area contributed by atoms with Gasteiger partial charge in [0.05, 0.1) is 10.0 Å². The summed E-state index contributed by atoms with van der Waals surface area (Å²) in [4.78, 5) is 12.0. The largest absolute Gasteiger partial charge is 0.294 e. The summed E-state index contributed by atoms with van der Waals surface area (Å²) in [7, 11) is 0. The van der Waals surface area contributed by atoms with Gasteiger partial charge in [-0.1, -0.05) is 28.1 Å². The Morgan fingerprint density at radius 2 is 1.79 bits per heavy atom. The minimum absolute atomic E-state index is 0.00876. The molecule has 98 valence electrons. The molecule has 0 atom stereocenters. The topological polar surface area (TPSA) is 17.1 Å². The third-order valence-corrected chi connectivity index (χ3v) is 3.99. The van der Waals surface area contributed by atoms with Gasteiger partial charge in [-0.15, -0.1) is 0 Å². The molecule has 0 amide bonds. The summed E-state index contributed by atoms with van der Waals surface area (Å²) >= 11 is 6.27. The van der Waals surface area contributed by atoms with Gasteiger partial charge < -0.3 is 0 Å². The Hall–Kier alpha value is -1.07. The average molecular weight is 390 g/mol. The maximum Gasteiger partial charge on any atom is 0.170 e. The number of Topliss-reactive ketones (excluding diaryl/α,β-unsaturated/α-hetero) is 1. The van der Waals surface area contributed by atoms with Crippen LogP contribution in [0, 0.1) is 11.6 Å². The maximum absolute atomic E-state index is 13.6. The molecule has 0 fully saturated rings. The smallest absolute Gasteiger partial charge is 0.170 e. The zero-order valence-corrected chi connectivity index (χ0v) is 12.8. The molecule has 2 aromatic rings. The SMILES string of the molecule is O=C(Cc1cccc(F)c1Br)c1cc(Br)ccc1F. The van der Waals surface area contributed by atoms with Crippen LogP contribution in [0.1, 0.15) is 15.9 Å². The van der Waals surface area contributed by atoms with E-state index >= 15 is 0 Å². The molecule has 1 nitrogen and oxygen atoms in total. The molecule has 0 bridgehead atoms. The van der Waals surface area contributed by atoms with E-state index in [0.717, 1.165) is 0 Å². The molecule has 0 aromatic heterocycles. The van der Waals surface area contributed by atoms with Gasteiger partial charge in [0.2, 0.25) is 0 Å². The predicted octanol–water partition coefficient (Wildman–Crippen LogP) is 4.92. The van der Waals surface area contributed by atoms with Crippen molar-refractivity contribution in [2.45, 2.75) is 6.42 Å². The van der Waals surface area contributed by atoms with Crippen molar-refractivity contribution in [3.8, 4) is 0 Å². The van der Waals surface area contributed by atoms with Crippen molar-refractivity contribution < 1.29 is 13.6 Å². The number of hydrogen-bond donors (Lipinski definition) is 0. The fourth-order valence-electron chi connectivity index (χ4n) is 1.66. The Balaban J connectivity index is 2.31. The molecular formula is C14H8Br2F2O. The molecule has 2 aromatic carbocycles. The molecule has 0 aliphatic carbocycles. The molecule has 0 saturated heterocycles. The van der Waals surface area contributed by atoms with Crippen molar-refractivity contribution in [2.24, 2.45) is 0 Å². The summed E-state index contributed by atoms with van der Waals surface area (Å²) in [6, 6.07) is 8.59. The van der Waals surface area contributed by atoms with Crippen LogP contribution < -0.4 is 0 Å². The van der Waals surface area contributed by atoms with Crippen LogP contribution in [0.15, 0.2) is 45.3 Å². The van der Waals surface area contributed by atoms with Crippen molar-refractivity contribution in [2.75, 3.05) is 0 Å². The van der Waals surface area contributed by atoms with Gasteiger partial charge in [-0.25, -0.2) is 8.78 Å². The first-order chi connectivity index (χ1) is 8.99. The third-order valence-electron chi connectivity index (χ3n) is 2.61. The lowest BCUT2D eigenvalue weighted by Crippen LogP contribution is -2.07. The number of benzene rings is 2. The monoisotopic (exact) mass is 388 g/mol. The van der Waals surface area contributed by atoms with Gasteiger partial charge in [-0.05, 0) is 45.8 Å². The van der Waals surface area contributed by atoms with Crippen molar-refractivity contribution in [3.05, 3.63) is 68.1 Å². The Bertz CT molecular complexity index is 641. The molecule has 0 aliphatic rings. The highest BCUT2D eigenvalue weighted by molar-refractivity contribution is 9.10. The minimum Gasteiger partial charge on any atom is -0.294 e. The first-order valence-electron chi connectivity index (χ1n) is 5.40. The first-order valence-corrected chi connectivity index (χ1v) is 6.99. The molecule has 0 saturated carbocycles. The average Bonchev–Trinajstić information content (AvgIpc) is 2.38. The van der Waals surface area contributed by atoms with Gasteiger partial charge in [0, 0.05) is 10.9 Å². The lowest BCUT2D eigenvalue weighted by atomic mass is 10.0. The molecule has 0 unspecified atom stereocenters. The Morgan fingerprint density at radius 1 is 1.05 bits per heavy atom. The quantitative estimate of drug-likeness (QED) is 0.681. The summed E-state index contributed by atoms with van der Waals surface area (Å²) in [6.07, 6.45) is -0.0638. The van der Waals surface area contributed by atoms with Crippen LogP contribution in [-0.4, -0.2) is 5.78 Å². The molecule has 2 rings (SSSR count). The van der Waals surface area contributed by atoms with Gasteiger partial charge in [0.1, 0.15) is 11.6 Å². The summed E-state index contributed by atoms with van der Waals surface area (Å²) in [6.45, 7) is 0. The molecule has 0 aliphatic heterocycles. The van der Waals surface area contributed by atoms with Crippen LogP contribution >= 0.6 is 31.9 Å². The van der Waals surface area contributed by atoms with Crippen LogP contribution in [0.5, 0.6) is 0 Å². The van der Waals surface area contributed by atoms with Gasteiger partial charge >= 0.3 is 0 Å².